The van der Waals surface area contributed by atoms with Gasteiger partial charge in [0.05, 0.1) is 11.7 Å². The summed E-state index contributed by atoms with van der Waals surface area (Å²) in [5.74, 6) is 0. The quantitative estimate of drug-likeness (QED) is 0.854. The fourth-order valence-electron chi connectivity index (χ4n) is 3.22. The van der Waals surface area contributed by atoms with Crippen molar-refractivity contribution in [2.75, 3.05) is 6.54 Å². The molecular weight excluding hydrogens is 280 g/mol. The second-order valence-corrected chi connectivity index (χ2v) is 7.09. The Morgan fingerprint density at radius 3 is 2.86 bits per heavy atom. The van der Waals surface area contributed by atoms with Crippen LogP contribution in [0.1, 0.15) is 30.4 Å². The van der Waals surface area contributed by atoms with Crippen LogP contribution in [0.25, 0.3) is 0 Å². The van der Waals surface area contributed by atoms with Gasteiger partial charge < -0.3 is 9.47 Å². The highest BCUT2D eigenvalue weighted by atomic mass is 32.2. The summed E-state index contributed by atoms with van der Waals surface area (Å²) in [6.45, 7) is 3.33. The Balaban J connectivity index is 1.79. The van der Waals surface area contributed by atoms with Crippen LogP contribution in [0, 0.1) is 0 Å². The smallest absolute Gasteiger partial charge is 0.160 e. The molecule has 0 unspecified atom stereocenters. The summed E-state index contributed by atoms with van der Waals surface area (Å²) in [7, 11) is 2.11. The molecule has 0 spiro atoms. The van der Waals surface area contributed by atoms with Crippen molar-refractivity contribution in [3.63, 3.8) is 0 Å². The van der Waals surface area contributed by atoms with Crippen LogP contribution in [0.3, 0.4) is 0 Å². The van der Waals surface area contributed by atoms with Crippen molar-refractivity contribution in [2.45, 2.75) is 24.3 Å². The first-order valence-electron chi connectivity index (χ1n) is 7.27. The Morgan fingerprint density at radius 2 is 2.14 bits per heavy atom. The average Bonchev–Trinajstić information content (AvgIpc) is 3.14. The second-order valence-electron chi connectivity index (χ2n) is 5.68. The summed E-state index contributed by atoms with van der Waals surface area (Å²) >= 11 is 1.88. The molecule has 3 atom stereocenters. The van der Waals surface area contributed by atoms with Gasteiger partial charge in [0.25, 0.3) is 0 Å². The van der Waals surface area contributed by atoms with E-state index in [-0.39, 0.29) is 12.1 Å². The minimum Gasteiger partial charge on any atom is -0.353 e. The van der Waals surface area contributed by atoms with Gasteiger partial charge in [-0.15, -0.1) is 0 Å². The molecule has 0 amide bonds. The van der Waals surface area contributed by atoms with E-state index in [1.54, 1.807) is 0 Å². The van der Waals surface area contributed by atoms with E-state index in [0.29, 0.717) is 5.25 Å². The molecule has 1 saturated heterocycles. The van der Waals surface area contributed by atoms with Crippen molar-refractivity contribution >= 4 is 16.9 Å². The summed E-state index contributed by atoms with van der Waals surface area (Å²) < 4.78 is 2.20. The minimum absolute atomic E-state index is 0.0924. The van der Waals surface area contributed by atoms with Gasteiger partial charge in [0.2, 0.25) is 0 Å². The van der Waals surface area contributed by atoms with Gasteiger partial charge in [0.15, 0.2) is 5.17 Å². The summed E-state index contributed by atoms with van der Waals surface area (Å²) in [5.41, 5.74) is 2.36. The predicted octanol–water partition coefficient (Wildman–Crippen LogP) is 3.01. The van der Waals surface area contributed by atoms with Crippen LogP contribution in [0.5, 0.6) is 0 Å². The van der Waals surface area contributed by atoms with Crippen molar-refractivity contribution in [1.82, 2.24) is 14.5 Å². The molecule has 1 fully saturated rings. The third-order valence-corrected chi connectivity index (χ3v) is 5.27. The van der Waals surface area contributed by atoms with Crippen LogP contribution in [-0.4, -0.2) is 31.4 Å². The standard InChI is InChI=1S/C16H18N4S/c1-11-10-20-15(13-7-5-9-19(13)2)14(18-16(20)21-11)12-6-3-4-8-17-12/h3-9,11,14-15H,10H2,1-2H3/t11-,14-,15-/m1/s1. The Kier molecular flexibility index (Phi) is 3.03. The zero-order chi connectivity index (χ0) is 14.4. The third kappa shape index (κ3) is 2.07. The van der Waals surface area contributed by atoms with Crippen LogP contribution in [0.2, 0.25) is 0 Å². The Bertz CT molecular complexity index is 679. The van der Waals surface area contributed by atoms with Gasteiger partial charge in [-0.1, -0.05) is 24.8 Å². The molecule has 2 aliphatic heterocycles. The maximum Gasteiger partial charge on any atom is 0.160 e. The second kappa shape index (κ2) is 4.91. The van der Waals surface area contributed by atoms with Crippen LogP contribution in [0.15, 0.2) is 47.7 Å². The highest BCUT2D eigenvalue weighted by Gasteiger charge is 2.44. The normalized spacial score (nSPS) is 27.8. The third-order valence-electron chi connectivity index (χ3n) is 4.17. The van der Waals surface area contributed by atoms with Gasteiger partial charge in [0, 0.05) is 36.9 Å². The summed E-state index contributed by atoms with van der Waals surface area (Å²) in [6, 6.07) is 10.7. The molecule has 0 aliphatic carbocycles. The van der Waals surface area contributed by atoms with Gasteiger partial charge in [-0.3, -0.25) is 9.98 Å². The lowest BCUT2D eigenvalue weighted by Gasteiger charge is -2.27. The van der Waals surface area contributed by atoms with E-state index in [4.69, 9.17) is 4.99 Å². The topological polar surface area (TPSA) is 33.4 Å². The lowest BCUT2D eigenvalue weighted by atomic mass is 10.0. The molecule has 4 rings (SSSR count). The maximum atomic E-state index is 4.98. The van der Waals surface area contributed by atoms with E-state index in [2.05, 4.69) is 52.8 Å². The highest BCUT2D eigenvalue weighted by Crippen LogP contribution is 2.47. The van der Waals surface area contributed by atoms with Crippen molar-refractivity contribution in [1.29, 1.82) is 0 Å². The molecule has 2 aromatic heterocycles. The van der Waals surface area contributed by atoms with Gasteiger partial charge in [0.1, 0.15) is 6.04 Å². The van der Waals surface area contributed by atoms with E-state index in [0.717, 1.165) is 12.2 Å². The molecule has 0 aromatic carbocycles. The largest absolute Gasteiger partial charge is 0.353 e. The lowest BCUT2D eigenvalue weighted by molar-refractivity contribution is 0.309. The number of thioether (sulfide) groups is 1. The monoisotopic (exact) mass is 298 g/mol. The van der Waals surface area contributed by atoms with Gasteiger partial charge in [-0.2, -0.15) is 0 Å². The number of amidine groups is 1. The van der Waals surface area contributed by atoms with Crippen LogP contribution in [-0.2, 0) is 7.05 Å². The molecule has 4 nitrogen and oxygen atoms in total. The first-order chi connectivity index (χ1) is 10.2. The fraction of sp³-hybridized carbons (Fsp3) is 0.375. The number of rotatable bonds is 2. The highest BCUT2D eigenvalue weighted by molar-refractivity contribution is 8.14. The average molecular weight is 298 g/mol. The number of aryl methyl sites for hydroxylation is 1. The number of nitrogens with zero attached hydrogens (tertiary/aromatic N) is 4. The van der Waals surface area contributed by atoms with E-state index < -0.39 is 0 Å². The van der Waals surface area contributed by atoms with Crippen LogP contribution < -0.4 is 0 Å². The number of aromatic nitrogens is 2. The van der Waals surface area contributed by atoms with Gasteiger partial charge >= 0.3 is 0 Å². The molecule has 5 heteroatoms. The minimum atomic E-state index is 0.0924. The first-order valence-corrected chi connectivity index (χ1v) is 8.15. The Hall–Kier alpha value is -1.75. The summed E-state index contributed by atoms with van der Waals surface area (Å²) in [6.07, 6.45) is 3.96. The summed E-state index contributed by atoms with van der Waals surface area (Å²) in [4.78, 5) is 12.0. The van der Waals surface area contributed by atoms with Crippen molar-refractivity contribution in [3.8, 4) is 0 Å². The number of hydrogen-bond acceptors (Lipinski definition) is 4. The number of pyridine rings is 1. The molecular formula is C16H18N4S. The zero-order valence-corrected chi connectivity index (χ0v) is 13.0. The van der Waals surface area contributed by atoms with E-state index >= 15 is 0 Å². The Labute approximate surface area is 128 Å². The molecule has 2 aliphatic rings. The van der Waals surface area contributed by atoms with Crippen LogP contribution >= 0.6 is 11.8 Å². The van der Waals surface area contributed by atoms with Crippen molar-refractivity contribution in [3.05, 3.63) is 54.1 Å². The molecule has 0 N–H and O–H groups in total. The molecule has 2 aromatic rings. The maximum absolute atomic E-state index is 4.98. The summed E-state index contributed by atoms with van der Waals surface area (Å²) in [5, 5.41) is 1.78. The molecule has 0 bridgehead atoms. The number of hydrogen-bond donors (Lipinski definition) is 0. The zero-order valence-electron chi connectivity index (χ0n) is 12.2. The number of fused-ring (bicyclic) bond motifs is 1. The van der Waals surface area contributed by atoms with E-state index in [1.807, 2.05) is 30.1 Å². The number of aliphatic imine (C=N–C) groups is 1. The van der Waals surface area contributed by atoms with Crippen molar-refractivity contribution in [2.24, 2.45) is 12.0 Å². The molecule has 21 heavy (non-hydrogen) atoms. The molecule has 4 heterocycles. The first kappa shape index (κ1) is 13.0. The molecule has 0 radical (unpaired) electrons. The lowest BCUT2D eigenvalue weighted by Crippen LogP contribution is -2.29. The van der Waals surface area contributed by atoms with Gasteiger partial charge in [-0.25, -0.2) is 0 Å². The Morgan fingerprint density at radius 1 is 1.24 bits per heavy atom. The van der Waals surface area contributed by atoms with Crippen molar-refractivity contribution < 1.29 is 0 Å². The van der Waals surface area contributed by atoms with Crippen LogP contribution in [0.4, 0.5) is 0 Å². The fourth-order valence-corrected chi connectivity index (χ4v) is 4.31. The molecule has 0 saturated carbocycles. The van der Waals surface area contributed by atoms with Gasteiger partial charge in [-0.05, 0) is 24.3 Å². The van der Waals surface area contributed by atoms with E-state index in [9.17, 15) is 0 Å². The predicted molar refractivity (Wildman–Crippen MR) is 86.3 cm³/mol. The SMILES string of the molecule is C[C@@H]1CN2C(=N[C@H](c3ccccn3)[C@H]2c2cccn2C)S1. The molecule has 108 valence electrons. The van der Waals surface area contributed by atoms with E-state index in [1.165, 1.54) is 10.9 Å².